The van der Waals surface area contributed by atoms with Gasteiger partial charge in [-0.1, -0.05) is 0 Å². The first-order chi connectivity index (χ1) is 12.5. The molecule has 0 spiro atoms. The summed E-state index contributed by atoms with van der Waals surface area (Å²) in [4.78, 5) is 37.8. The second kappa shape index (κ2) is 7.63. The van der Waals surface area contributed by atoms with Crippen molar-refractivity contribution in [2.75, 3.05) is 32.2 Å². The molecule has 1 aromatic carbocycles. The number of methoxy groups -OCH3 is 2. The number of nitrogens with one attached hydrogen (secondary N) is 2. The number of hydrogen-bond donors (Lipinski definition) is 2. The van der Waals surface area contributed by atoms with Crippen LogP contribution in [-0.4, -0.2) is 51.1 Å². The molecule has 140 valence electrons. The summed E-state index contributed by atoms with van der Waals surface area (Å²) < 4.78 is 10.5. The Labute approximate surface area is 151 Å². The van der Waals surface area contributed by atoms with Gasteiger partial charge in [-0.15, -0.1) is 0 Å². The Hall–Kier alpha value is -2.77. The normalized spacial score (nSPS) is 19.2. The van der Waals surface area contributed by atoms with Gasteiger partial charge in [-0.05, 0) is 25.0 Å². The van der Waals surface area contributed by atoms with Crippen molar-refractivity contribution in [3.63, 3.8) is 0 Å². The van der Waals surface area contributed by atoms with Gasteiger partial charge in [-0.2, -0.15) is 0 Å². The van der Waals surface area contributed by atoms with Crippen molar-refractivity contribution in [1.82, 2.24) is 10.6 Å². The highest BCUT2D eigenvalue weighted by Crippen LogP contribution is 2.34. The van der Waals surface area contributed by atoms with Gasteiger partial charge < -0.3 is 25.0 Å². The zero-order chi connectivity index (χ0) is 18.7. The molecule has 1 aromatic rings. The molecule has 3 rings (SSSR count). The molecule has 2 aliphatic rings. The first kappa shape index (κ1) is 18.0. The van der Waals surface area contributed by atoms with Gasteiger partial charge in [0.2, 0.25) is 17.7 Å². The molecule has 1 atom stereocenters. The van der Waals surface area contributed by atoms with Crippen LogP contribution in [0.2, 0.25) is 0 Å². The first-order valence-electron chi connectivity index (χ1n) is 8.61. The Balaban J connectivity index is 1.59. The summed E-state index contributed by atoms with van der Waals surface area (Å²) in [6, 6.07) is 5.44. The molecular formula is C18H23N3O5. The van der Waals surface area contributed by atoms with Crippen LogP contribution < -0.4 is 25.0 Å². The summed E-state index contributed by atoms with van der Waals surface area (Å²) in [7, 11) is 3.06. The summed E-state index contributed by atoms with van der Waals surface area (Å²) >= 11 is 0. The number of amides is 3. The summed E-state index contributed by atoms with van der Waals surface area (Å²) in [6.45, 7) is 0.209. The molecule has 2 fully saturated rings. The summed E-state index contributed by atoms with van der Waals surface area (Å²) in [6.07, 6.45) is 2.11. The van der Waals surface area contributed by atoms with E-state index >= 15 is 0 Å². The van der Waals surface area contributed by atoms with E-state index in [-0.39, 0.29) is 43.3 Å². The fraction of sp³-hybridized carbons (Fsp3) is 0.500. The second-order valence-electron chi connectivity index (χ2n) is 6.50. The standard InChI is InChI=1S/C18H23N3O5/c1-25-14-6-5-13(8-15(14)26-2)21-10-11(7-17(21)23)18(24)19-9-16(22)20-12-3-4-12/h5-6,8,11-12H,3-4,7,9-10H2,1-2H3,(H,19,24)(H,20,22). The average Bonchev–Trinajstić information content (AvgIpc) is 3.37. The van der Waals surface area contributed by atoms with Crippen LogP contribution in [0.3, 0.4) is 0 Å². The summed E-state index contributed by atoms with van der Waals surface area (Å²) in [5.74, 6) is -0.0142. The number of ether oxygens (including phenoxy) is 2. The van der Waals surface area contributed by atoms with Crippen LogP contribution in [0.4, 0.5) is 5.69 Å². The molecule has 1 aliphatic heterocycles. The highest BCUT2D eigenvalue weighted by molar-refractivity contribution is 6.01. The molecule has 1 aliphatic carbocycles. The largest absolute Gasteiger partial charge is 0.493 e. The highest BCUT2D eigenvalue weighted by atomic mass is 16.5. The quantitative estimate of drug-likeness (QED) is 0.735. The maximum absolute atomic E-state index is 12.3. The molecular weight excluding hydrogens is 338 g/mol. The minimum absolute atomic E-state index is 0.0591. The number of benzene rings is 1. The van der Waals surface area contributed by atoms with E-state index in [9.17, 15) is 14.4 Å². The van der Waals surface area contributed by atoms with E-state index in [1.54, 1.807) is 23.1 Å². The lowest BCUT2D eigenvalue weighted by atomic mass is 10.1. The van der Waals surface area contributed by atoms with E-state index in [0.717, 1.165) is 12.8 Å². The molecule has 1 unspecified atom stereocenters. The number of carbonyl (C=O) groups excluding carboxylic acids is 3. The highest BCUT2D eigenvalue weighted by Gasteiger charge is 2.35. The van der Waals surface area contributed by atoms with Gasteiger partial charge >= 0.3 is 0 Å². The van der Waals surface area contributed by atoms with Gasteiger partial charge in [0.15, 0.2) is 11.5 Å². The van der Waals surface area contributed by atoms with Crippen molar-refractivity contribution in [2.24, 2.45) is 5.92 Å². The molecule has 26 heavy (non-hydrogen) atoms. The van der Waals surface area contributed by atoms with Crippen molar-refractivity contribution in [3.8, 4) is 11.5 Å². The number of hydrogen-bond acceptors (Lipinski definition) is 5. The zero-order valence-electron chi connectivity index (χ0n) is 14.9. The number of anilines is 1. The van der Waals surface area contributed by atoms with Crippen molar-refractivity contribution in [2.45, 2.75) is 25.3 Å². The molecule has 0 radical (unpaired) electrons. The molecule has 2 N–H and O–H groups in total. The van der Waals surface area contributed by atoms with E-state index in [1.807, 2.05) is 0 Å². The lowest BCUT2D eigenvalue weighted by molar-refractivity contribution is -0.129. The van der Waals surface area contributed by atoms with E-state index in [2.05, 4.69) is 10.6 Å². The average molecular weight is 361 g/mol. The predicted molar refractivity (Wildman–Crippen MR) is 94.2 cm³/mol. The van der Waals surface area contributed by atoms with Gasteiger partial charge in [0, 0.05) is 30.8 Å². The zero-order valence-corrected chi connectivity index (χ0v) is 14.9. The van der Waals surface area contributed by atoms with Crippen molar-refractivity contribution >= 4 is 23.4 Å². The van der Waals surface area contributed by atoms with Crippen LogP contribution in [0.15, 0.2) is 18.2 Å². The molecule has 8 nitrogen and oxygen atoms in total. The summed E-state index contributed by atoms with van der Waals surface area (Å²) in [5.41, 5.74) is 0.648. The number of nitrogens with zero attached hydrogens (tertiary/aromatic N) is 1. The Morgan fingerprint density at radius 3 is 2.58 bits per heavy atom. The SMILES string of the molecule is COc1ccc(N2CC(C(=O)NCC(=O)NC3CC3)CC2=O)cc1OC. The maximum atomic E-state index is 12.3. The van der Waals surface area contributed by atoms with Crippen molar-refractivity contribution in [1.29, 1.82) is 0 Å². The summed E-state index contributed by atoms with van der Waals surface area (Å²) in [5, 5.41) is 5.43. The van der Waals surface area contributed by atoms with Crippen LogP contribution in [0.25, 0.3) is 0 Å². The molecule has 0 bridgehead atoms. The molecule has 3 amide bonds. The topological polar surface area (TPSA) is 97.0 Å². The molecule has 1 saturated heterocycles. The fourth-order valence-electron chi connectivity index (χ4n) is 2.94. The fourth-order valence-corrected chi connectivity index (χ4v) is 2.94. The lowest BCUT2D eigenvalue weighted by Gasteiger charge is -2.18. The first-order valence-corrected chi connectivity index (χ1v) is 8.61. The van der Waals surface area contributed by atoms with E-state index in [0.29, 0.717) is 17.2 Å². The van der Waals surface area contributed by atoms with Crippen LogP contribution in [0.1, 0.15) is 19.3 Å². The van der Waals surface area contributed by atoms with E-state index < -0.39 is 5.92 Å². The van der Waals surface area contributed by atoms with Crippen molar-refractivity contribution in [3.05, 3.63) is 18.2 Å². The lowest BCUT2D eigenvalue weighted by Crippen LogP contribution is -2.40. The smallest absolute Gasteiger partial charge is 0.239 e. The van der Waals surface area contributed by atoms with Crippen LogP contribution in [0.5, 0.6) is 11.5 Å². The molecule has 1 heterocycles. The van der Waals surface area contributed by atoms with Crippen LogP contribution >= 0.6 is 0 Å². The van der Waals surface area contributed by atoms with Gasteiger partial charge in [-0.25, -0.2) is 0 Å². The molecule has 8 heteroatoms. The van der Waals surface area contributed by atoms with Gasteiger partial charge in [0.25, 0.3) is 0 Å². The van der Waals surface area contributed by atoms with Crippen LogP contribution in [-0.2, 0) is 14.4 Å². The van der Waals surface area contributed by atoms with Gasteiger partial charge in [0.05, 0.1) is 26.7 Å². The Morgan fingerprint density at radius 1 is 1.19 bits per heavy atom. The maximum Gasteiger partial charge on any atom is 0.239 e. The Bertz CT molecular complexity index is 717. The van der Waals surface area contributed by atoms with Crippen molar-refractivity contribution < 1.29 is 23.9 Å². The van der Waals surface area contributed by atoms with Gasteiger partial charge in [0.1, 0.15) is 0 Å². The Kier molecular flexibility index (Phi) is 5.29. The number of rotatable bonds is 7. The molecule has 0 aromatic heterocycles. The Morgan fingerprint density at radius 2 is 1.92 bits per heavy atom. The minimum Gasteiger partial charge on any atom is -0.493 e. The molecule has 1 saturated carbocycles. The van der Waals surface area contributed by atoms with Gasteiger partial charge in [-0.3, -0.25) is 14.4 Å². The third-order valence-electron chi connectivity index (χ3n) is 4.54. The van der Waals surface area contributed by atoms with Crippen LogP contribution in [0, 0.1) is 5.92 Å². The predicted octanol–water partition coefficient (Wildman–Crippen LogP) is 0.452. The van der Waals surface area contributed by atoms with E-state index in [4.69, 9.17) is 9.47 Å². The second-order valence-corrected chi connectivity index (χ2v) is 6.50. The third-order valence-corrected chi connectivity index (χ3v) is 4.54. The third kappa shape index (κ3) is 4.07. The number of carbonyl (C=O) groups is 3. The minimum atomic E-state index is -0.482. The van der Waals surface area contributed by atoms with E-state index in [1.165, 1.54) is 14.2 Å². The monoisotopic (exact) mass is 361 g/mol.